The molecule has 1 aromatic rings. The number of thiophene rings is 1. The minimum absolute atomic E-state index is 0.0394. The van der Waals surface area contributed by atoms with E-state index in [2.05, 4.69) is 4.72 Å². The lowest BCUT2D eigenvalue weighted by Gasteiger charge is -2.20. The number of nitrogens with two attached hydrogens (primary N) is 1. The van der Waals surface area contributed by atoms with E-state index in [0.717, 1.165) is 0 Å². The molecule has 0 aliphatic heterocycles. The van der Waals surface area contributed by atoms with E-state index in [1.807, 2.05) is 0 Å². The van der Waals surface area contributed by atoms with Crippen molar-refractivity contribution < 1.29 is 13.2 Å². The van der Waals surface area contributed by atoms with Crippen LogP contribution in [0.25, 0.3) is 0 Å². The Morgan fingerprint density at radius 3 is 2.35 bits per heavy atom. The van der Waals surface area contributed by atoms with Crippen LogP contribution in [0.1, 0.15) is 36.0 Å². The molecule has 1 amide bonds. The normalized spacial score (nSPS) is 12.7. The first-order valence-corrected chi connectivity index (χ1v) is 7.33. The number of hydrogen-bond acceptors (Lipinski definition) is 4. The summed E-state index contributed by atoms with van der Waals surface area (Å²) >= 11 is 1.19. The molecule has 0 fully saturated rings. The number of amides is 1. The fraction of sp³-hybridized carbons (Fsp3) is 0.500. The molecule has 1 rings (SSSR count). The molecule has 0 bridgehead atoms. The van der Waals surface area contributed by atoms with E-state index in [-0.39, 0.29) is 10.5 Å². The maximum atomic E-state index is 12.1. The van der Waals surface area contributed by atoms with Gasteiger partial charge in [0, 0.05) is 15.8 Å². The number of carbonyl (C=O) groups excluding carboxylic acids is 1. The molecule has 96 valence electrons. The van der Waals surface area contributed by atoms with E-state index in [9.17, 15) is 13.2 Å². The maximum Gasteiger partial charge on any atom is 0.251 e. The topological polar surface area (TPSA) is 89.3 Å². The van der Waals surface area contributed by atoms with E-state index in [1.54, 1.807) is 27.7 Å². The fourth-order valence-corrected chi connectivity index (χ4v) is 4.27. The molecule has 17 heavy (non-hydrogen) atoms. The van der Waals surface area contributed by atoms with Gasteiger partial charge >= 0.3 is 0 Å². The largest absolute Gasteiger partial charge is 0.366 e. The van der Waals surface area contributed by atoms with E-state index in [4.69, 9.17) is 5.73 Å². The smallest absolute Gasteiger partial charge is 0.251 e. The van der Waals surface area contributed by atoms with E-state index < -0.39 is 21.5 Å². The molecular formula is C10H16N2O3S2. The Morgan fingerprint density at radius 2 is 1.94 bits per heavy atom. The van der Waals surface area contributed by atoms with Crippen LogP contribution in [0.15, 0.2) is 10.3 Å². The predicted octanol–water partition coefficient (Wildman–Crippen LogP) is 1.23. The average molecular weight is 276 g/mol. The molecule has 1 aromatic heterocycles. The highest BCUT2D eigenvalue weighted by molar-refractivity contribution is 7.89. The second-order valence-electron chi connectivity index (χ2n) is 4.75. The molecule has 3 N–H and O–H groups in total. The van der Waals surface area contributed by atoms with Crippen molar-refractivity contribution in [2.75, 3.05) is 0 Å². The molecule has 0 spiro atoms. The highest BCUT2D eigenvalue weighted by atomic mass is 32.2. The Morgan fingerprint density at radius 1 is 1.41 bits per heavy atom. The Labute approximate surface area is 105 Å². The van der Waals surface area contributed by atoms with Crippen LogP contribution in [0.3, 0.4) is 0 Å². The van der Waals surface area contributed by atoms with Crippen molar-refractivity contribution >= 4 is 27.3 Å². The molecule has 0 unspecified atom stereocenters. The Bertz CT molecular complexity index is 538. The number of carbonyl (C=O) groups is 1. The third-order valence-corrected chi connectivity index (χ3v) is 4.76. The Balaban J connectivity index is 3.30. The molecule has 0 aromatic carbocycles. The Hall–Kier alpha value is -0.920. The zero-order valence-electron chi connectivity index (χ0n) is 10.2. The summed E-state index contributed by atoms with van der Waals surface area (Å²) in [5, 5.41) is 1.43. The van der Waals surface area contributed by atoms with E-state index in [0.29, 0.717) is 4.88 Å². The number of sulfonamides is 1. The number of rotatable bonds is 3. The molecule has 0 saturated carbocycles. The van der Waals surface area contributed by atoms with Crippen LogP contribution in [0.5, 0.6) is 0 Å². The average Bonchev–Trinajstić information content (AvgIpc) is 2.42. The molecular weight excluding hydrogens is 260 g/mol. The molecule has 0 atom stereocenters. The van der Waals surface area contributed by atoms with Crippen LogP contribution < -0.4 is 10.5 Å². The lowest BCUT2D eigenvalue weighted by Crippen LogP contribution is -2.41. The van der Waals surface area contributed by atoms with Crippen LogP contribution in [0.2, 0.25) is 0 Å². The minimum Gasteiger partial charge on any atom is -0.366 e. The summed E-state index contributed by atoms with van der Waals surface area (Å²) in [5.41, 5.74) is 4.66. The molecule has 0 radical (unpaired) electrons. The summed E-state index contributed by atoms with van der Waals surface area (Å²) in [6, 6.07) is 0. The van der Waals surface area contributed by atoms with Crippen molar-refractivity contribution in [2.45, 2.75) is 38.1 Å². The predicted molar refractivity (Wildman–Crippen MR) is 67.6 cm³/mol. The van der Waals surface area contributed by atoms with Crippen LogP contribution in [-0.4, -0.2) is 19.9 Å². The van der Waals surface area contributed by atoms with Gasteiger partial charge < -0.3 is 5.73 Å². The standard InChI is InChI=1S/C10H16N2O3S2/c1-6-8(9(11)13)7(5-16-6)17(14,15)12-10(2,3)4/h5,12H,1-4H3,(H2,11,13). The number of hydrogen-bond donors (Lipinski definition) is 2. The second kappa shape index (κ2) is 4.40. The van der Waals surface area contributed by atoms with Gasteiger partial charge in [-0.3, -0.25) is 4.79 Å². The molecule has 0 saturated heterocycles. The lowest BCUT2D eigenvalue weighted by atomic mass is 10.1. The molecule has 1 heterocycles. The first kappa shape index (κ1) is 14.1. The summed E-state index contributed by atoms with van der Waals surface area (Å²) in [7, 11) is -3.71. The minimum atomic E-state index is -3.71. The van der Waals surface area contributed by atoms with Crippen molar-refractivity contribution in [3.8, 4) is 0 Å². The lowest BCUT2D eigenvalue weighted by molar-refractivity contribution is 0.0997. The maximum absolute atomic E-state index is 12.1. The highest BCUT2D eigenvalue weighted by Gasteiger charge is 2.28. The zero-order valence-corrected chi connectivity index (χ0v) is 11.8. The van der Waals surface area contributed by atoms with Crippen molar-refractivity contribution in [3.05, 3.63) is 15.8 Å². The SMILES string of the molecule is Cc1scc(S(=O)(=O)NC(C)(C)C)c1C(N)=O. The number of primary amides is 1. The summed E-state index contributed by atoms with van der Waals surface area (Å²) in [5.74, 6) is -0.724. The van der Waals surface area contributed by atoms with Crippen LogP contribution >= 0.6 is 11.3 Å². The third-order valence-electron chi connectivity index (χ3n) is 1.92. The second-order valence-corrected chi connectivity index (χ2v) is 7.49. The van der Waals surface area contributed by atoms with Gasteiger partial charge in [0.1, 0.15) is 4.90 Å². The fourth-order valence-electron chi connectivity index (χ4n) is 1.38. The molecule has 0 aliphatic rings. The van der Waals surface area contributed by atoms with Gasteiger partial charge in [-0.1, -0.05) is 0 Å². The van der Waals surface area contributed by atoms with Gasteiger partial charge in [0.25, 0.3) is 5.91 Å². The highest BCUT2D eigenvalue weighted by Crippen LogP contribution is 2.26. The van der Waals surface area contributed by atoms with Gasteiger partial charge in [-0.25, -0.2) is 13.1 Å². The summed E-state index contributed by atoms with van der Waals surface area (Å²) in [6.45, 7) is 6.86. The summed E-state index contributed by atoms with van der Waals surface area (Å²) < 4.78 is 26.6. The van der Waals surface area contributed by atoms with Gasteiger partial charge in [0.15, 0.2) is 0 Å². The first-order valence-electron chi connectivity index (χ1n) is 4.96. The number of nitrogens with one attached hydrogen (secondary N) is 1. The van der Waals surface area contributed by atoms with Crippen LogP contribution in [0, 0.1) is 6.92 Å². The third kappa shape index (κ3) is 3.27. The van der Waals surface area contributed by atoms with Crippen molar-refractivity contribution in [2.24, 2.45) is 5.73 Å². The first-order chi connectivity index (χ1) is 7.54. The van der Waals surface area contributed by atoms with Gasteiger partial charge in [0.2, 0.25) is 10.0 Å². The van der Waals surface area contributed by atoms with Gasteiger partial charge in [0.05, 0.1) is 5.56 Å². The Kier molecular flexibility index (Phi) is 3.66. The summed E-state index contributed by atoms with van der Waals surface area (Å²) in [6.07, 6.45) is 0. The van der Waals surface area contributed by atoms with Crippen molar-refractivity contribution in [1.29, 1.82) is 0 Å². The van der Waals surface area contributed by atoms with Crippen LogP contribution in [0.4, 0.5) is 0 Å². The quantitative estimate of drug-likeness (QED) is 0.870. The van der Waals surface area contributed by atoms with Crippen molar-refractivity contribution in [1.82, 2.24) is 4.72 Å². The van der Waals surface area contributed by atoms with E-state index >= 15 is 0 Å². The van der Waals surface area contributed by atoms with Gasteiger partial charge in [-0.15, -0.1) is 11.3 Å². The van der Waals surface area contributed by atoms with Crippen molar-refractivity contribution in [3.63, 3.8) is 0 Å². The monoisotopic (exact) mass is 276 g/mol. The number of aryl methyl sites for hydroxylation is 1. The molecule has 0 aliphatic carbocycles. The molecule has 5 nitrogen and oxygen atoms in total. The van der Waals surface area contributed by atoms with E-state index in [1.165, 1.54) is 16.7 Å². The zero-order chi connectivity index (χ0) is 13.4. The molecule has 7 heteroatoms. The summed E-state index contributed by atoms with van der Waals surface area (Å²) in [4.78, 5) is 11.8. The van der Waals surface area contributed by atoms with Crippen LogP contribution in [-0.2, 0) is 10.0 Å². The van der Waals surface area contributed by atoms with Gasteiger partial charge in [-0.2, -0.15) is 0 Å². The van der Waals surface area contributed by atoms with Gasteiger partial charge in [-0.05, 0) is 27.7 Å².